The number of hydrogen-bond acceptors (Lipinski definition) is 2. The predicted octanol–water partition coefficient (Wildman–Crippen LogP) is 3.74. The maximum Gasteiger partial charge on any atom is 0.221 e. The van der Waals surface area contributed by atoms with Gasteiger partial charge in [0.05, 0.1) is 11.9 Å². The lowest BCUT2D eigenvalue weighted by Crippen LogP contribution is -2.22. The van der Waals surface area contributed by atoms with Gasteiger partial charge < -0.3 is 15.0 Å². The van der Waals surface area contributed by atoms with Crippen LogP contribution in [0.15, 0.2) is 28.9 Å². The van der Waals surface area contributed by atoms with Crippen LogP contribution in [-0.2, 0) is 22.7 Å². The first-order chi connectivity index (χ1) is 10.3. The summed E-state index contributed by atoms with van der Waals surface area (Å²) in [5.41, 5.74) is 7.31. The van der Waals surface area contributed by atoms with Crippen molar-refractivity contribution in [1.29, 1.82) is 0 Å². The van der Waals surface area contributed by atoms with Gasteiger partial charge in [-0.3, -0.25) is 4.79 Å². The molecular weight excluding hydrogens is 360 g/mol. The maximum absolute atomic E-state index is 11.3. The van der Waals surface area contributed by atoms with Crippen molar-refractivity contribution in [2.75, 3.05) is 6.61 Å². The second kappa shape index (κ2) is 6.98. The van der Waals surface area contributed by atoms with Crippen LogP contribution in [0, 0.1) is 0 Å². The molecule has 2 aromatic rings. The number of nitrogens with two attached hydrogens (primary N) is 1. The van der Waals surface area contributed by atoms with Gasteiger partial charge in [-0.1, -0.05) is 41.6 Å². The minimum absolute atomic E-state index is 0.239. The van der Waals surface area contributed by atoms with Gasteiger partial charge >= 0.3 is 0 Å². The molecule has 0 bridgehead atoms. The largest absolute Gasteiger partial charge is 0.369 e. The molecule has 120 valence electrons. The van der Waals surface area contributed by atoms with Crippen molar-refractivity contribution in [3.05, 3.63) is 34.4 Å². The van der Waals surface area contributed by atoms with Gasteiger partial charge in [-0.25, -0.2) is 0 Å². The Morgan fingerprint density at radius 3 is 2.68 bits per heavy atom. The van der Waals surface area contributed by atoms with Gasteiger partial charge in [-0.15, -0.1) is 0 Å². The highest BCUT2D eigenvalue weighted by Gasteiger charge is 2.14. The van der Waals surface area contributed by atoms with Crippen molar-refractivity contribution in [3.63, 3.8) is 0 Å². The third kappa shape index (κ3) is 4.44. The monoisotopic (exact) mass is 382 g/mol. The van der Waals surface area contributed by atoms with Crippen LogP contribution in [-0.4, -0.2) is 25.2 Å². The van der Waals surface area contributed by atoms with Crippen molar-refractivity contribution in [2.45, 2.75) is 38.8 Å². The van der Waals surface area contributed by atoms with Crippen LogP contribution in [0.2, 0.25) is 25.7 Å². The minimum atomic E-state index is -1.08. The molecule has 0 aliphatic heterocycles. The smallest absolute Gasteiger partial charge is 0.221 e. The molecule has 1 amide bonds. The molecule has 2 N–H and O–H groups in total. The van der Waals surface area contributed by atoms with Crippen LogP contribution in [0.5, 0.6) is 0 Å². The average molecular weight is 383 g/mol. The normalized spacial score (nSPS) is 12.0. The third-order valence-electron chi connectivity index (χ3n) is 3.55. The van der Waals surface area contributed by atoms with Crippen molar-refractivity contribution in [3.8, 4) is 0 Å². The van der Waals surface area contributed by atoms with Crippen molar-refractivity contribution >= 4 is 40.8 Å². The number of rotatable bonds is 7. The summed E-state index contributed by atoms with van der Waals surface area (Å²) in [7, 11) is -1.08. The second-order valence-electron chi connectivity index (χ2n) is 6.75. The number of halogens is 1. The van der Waals surface area contributed by atoms with E-state index in [1.807, 2.05) is 29.0 Å². The summed E-state index contributed by atoms with van der Waals surface area (Å²) >= 11 is 3.55. The van der Waals surface area contributed by atoms with Crippen LogP contribution >= 0.6 is 15.9 Å². The molecule has 4 nitrogen and oxygen atoms in total. The predicted molar refractivity (Wildman–Crippen MR) is 96.6 cm³/mol. The summed E-state index contributed by atoms with van der Waals surface area (Å²) < 4.78 is 8.88. The van der Waals surface area contributed by atoms with E-state index in [1.54, 1.807) is 0 Å². The highest BCUT2D eigenvalue weighted by molar-refractivity contribution is 9.10. The fourth-order valence-corrected chi connectivity index (χ4v) is 3.55. The molecule has 0 aliphatic rings. The summed E-state index contributed by atoms with van der Waals surface area (Å²) in [5.74, 6) is -0.323. The van der Waals surface area contributed by atoms with Crippen LogP contribution in [0.4, 0.5) is 0 Å². The van der Waals surface area contributed by atoms with E-state index < -0.39 is 8.07 Å². The van der Waals surface area contributed by atoms with Gasteiger partial charge in [0.1, 0.15) is 6.73 Å². The van der Waals surface area contributed by atoms with Gasteiger partial charge in [0.2, 0.25) is 5.91 Å². The molecule has 2 rings (SSSR count). The Hall–Kier alpha value is -1.11. The second-order valence-corrected chi connectivity index (χ2v) is 13.2. The van der Waals surface area contributed by atoms with E-state index in [1.165, 1.54) is 0 Å². The molecule has 0 aliphatic carbocycles. The van der Waals surface area contributed by atoms with Gasteiger partial charge in [0.15, 0.2) is 0 Å². The quantitative estimate of drug-likeness (QED) is 0.585. The number of hydrogen-bond donors (Lipinski definition) is 1. The average Bonchev–Trinajstić information content (AvgIpc) is 2.82. The molecule has 0 saturated carbocycles. The Bertz CT molecular complexity index is 677. The number of nitrogens with zero attached hydrogens (tertiary/aromatic N) is 1. The van der Waals surface area contributed by atoms with E-state index in [2.05, 4.69) is 35.6 Å². The first kappa shape index (κ1) is 17.2. The topological polar surface area (TPSA) is 57.2 Å². The van der Waals surface area contributed by atoms with Gasteiger partial charge in [-0.05, 0) is 23.7 Å². The molecule has 1 aromatic heterocycles. The summed E-state index contributed by atoms with van der Waals surface area (Å²) in [5, 5.41) is 1.08. The molecule has 1 heterocycles. The number of amides is 1. The Kier molecular flexibility index (Phi) is 5.47. The Morgan fingerprint density at radius 2 is 2.05 bits per heavy atom. The number of carbonyl (C=O) groups is 1. The van der Waals surface area contributed by atoms with E-state index in [9.17, 15) is 4.79 Å². The molecule has 0 fully saturated rings. The van der Waals surface area contributed by atoms with E-state index >= 15 is 0 Å². The lowest BCUT2D eigenvalue weighted by Gasteiger charge is -2.16. The lowest BCUT2D eigenvalue weighted by atomic mass is 10.1. The summed E-state index contributed by atoms with van der Waals surface area (Å²) in [6, 6.07) is 7.07. The highest BCUT2D eigenvalue weighted by atomic mass is 79.9. The number of carbonyl (C=O) groups excluding carboxylic acids is 1. The zero-order valence-corrected chi connectivity index (χ0v) is 15.9. The fraction of sp³-hybridized carbons (Fsp3) is 0.438. The third-order valence-corrected chi connectivity index (χ3v) is 5.94. The van der Waals surface area contributed by atoms with E-state index in [4.69, 9.17) is 10.5 Å². The zero-order valence-electron chi connectivity index (χ0n) is 13.4. The van der Waals surface area contributed by atoms with Crippen LogP contribution in [0.25, 0.3) is 10.9 Å². The summed E-state index contributed by atoms with van der Waals surface area (Å²) in [6.45, 7) is 8.28. The van der Waals surface area contributed by atoms with Gasteiger partial charge in [0.25, 0.3) is 0 Å². The van der Waals surface area contributed by atoms with Crippen molar-refractivity contribution < 1.29 is 9.53 Å². The molecule has 1 aromatic carbocycles. The Balaban J connectivity index is 2.19. The molecular formula is C16H23BrN2O2Si. The van der Waals surface area contributed by atoms with Gasteiger partial charge in [-0.2, -0.15) is 0 Å². The highest BCUT2D eigenvalue weighted by Crippen LogP contribution is 2.28. The summed E-state index contributed by atoms with van der Waals surface area (Å²) in [6.07, 6.45) is 2.23. The Labute approximate surface area is 140 Å². The lowest BCUT2D eigenvalue weighted by molar-refractivity contribution is -0.117. The molecule has 0 radical (unpaired) electrons. The summed E-state index contributed by atoms with van der Waals surface area (Å²) in [4.78, 5) is 11.3. The molecule has 0 spiro atoms. The molecule has 22 heavy (non-hydrogen) atoms. The SMILES string of the molecule is C[Si](C)(C)CCOCn1ccc2c(Br)ccc(CC(N)=O)c21. The number of benzene rings is 1. The minimum Gasteiger partial charge on any atom is -0.369 e. The number of primary amides is 1. The zero-order chi connectivity index (χ0) is 16.3. The van der Waals surface area contributed by atoms with Crippen LogP contribution in [0.3, 0.4) is 0 Å². The fourth-order valence-electron chi connectivity index (χ4n) is 2.34. The molecule has 6 heteroatoms. The molecule has 0 unspecified atom stereocenters. The molecule has 0 atom stereocenters. The standard InChI is InChI=1S/C16H23BrN2O2Si/c1-22(2,3)9-8-21-11-19-7-6-13-14(17)5-4-12(16(13)19)10-15(18)20/h4-7H,8-11H2,1-3H3,(H2,18,20). The van der Waals surface area contributed by atoms with E-state index in [-0.39, 0.29) is 12.3 Å². The van der Waals surface area contributed by atoms with Crippen molar-refractivity contribution in [2.24, 2.45) is 5.73 Å². The van der Waals surface area contributed by atoms with Gasteiger partial charge in [0, 0.05) is 30.7 Å². The Morgan fingerprint density at radius 1 is 1.32 bits per heavy atom. The number of ether oxygens (including phenoxy) is 1. The number of fused-ring (bicyclic) bond motifs is 1. The van der Waals surface area contributed by atoms with Crippen LogP contribution in [0.1, 0.15) is 5.56 Å². The van der Waals surface area contributed by atoms with Crippen molar-refractivity contribution in [1.82, 2.24) is 4.57 Å². The first-order valence-electron chi connectivity index (χ1n) is 7.40. The number of aromatic nitrogens is 1. The first-order valence-corrected chi connectivity index (χ1v) is 11.9. The van der Waals surface area contributed by atoms with E-state index in [0.717, 1.165) is 33.6 Å². The van der Waals surface area contributed by atoms with E-state index in [0.29, 0.717) is 6.73 Å². The molecule has 0 saturated heterocycles. The maximum atomic E-state index is 11.3. The van der Waals surface area contributed by atoms with Crippen LogP contribution < -0.4 is 5.73 Å².